The molecule has 2 fully saturated rings. The van der Waals surface area contributed by atoms with Gasteiger partial charge in [0.2, 0.25) is 0 Å². The molecule has 1 N–H and O–H groups in total. The molecule has 0 aromatic carbocycles. The minimum atomic E-state index is -0.874. The number of methoxy groups -OCH3 is 1. The molecule has 1 aliphatic heterocycles. The van der Waals surface area contributed by atoms with E-state index < -0.39 is 17.3 Å². The van der Waals surface area contributed by atoms with Crippen LogP contribution in [0.5, 0.6) is 5.75 Å². The van der Waals surface area contributed by atoms with Crippen molar-refractivity contribution in [1.29, 1.82) is 0 Å². The molecule has 2 aromatic heterocycles. The number of aromatic nitrogens is 1. The fourth-order valence-electron chi connectivity index (χ4n) is 6.85. The second-order valence-corrected chi connectivity index (χ2v) is 10.5. The van der Waals surface area contributed by atoms with Crippen molar-refractivity contribution in [3.63, 3.8) is 0 Å². The van der Waals surface area contributed by atoms with E-state index in [1.807, 2.05) is 19.9 Å². The van der Waals surface area contributed by atoms with E-state index in [0.717, 1.165) is 31.2 Å². The maximum atomic E-state index is 12.9. The van der Waals surface area contributed by atoms with E-state index in [9.17, 15) is 14.7 Å². The lowest BCUT2D eigenvalue weighted by atomic mass is 9.47. The highest BCUT2D eigenvalue weighted by Crippen LogP contribution is 2.64. The summed E-state index contributed by atoms with van der Waals surface area (Å²) in [6, 6.07) is 5.39. The zero-order valence-electron chi connectivity index (χ0n) is 22.7. The highest BCUT2D eigenvalue weighted by Gasteiger charge is 2.62. The van der Waals surface area contributed by atoms with Crippen LogP contribution in [0.15, 0.2) is 39.8 Å². The van der Waals surface area contributed by atoms with Crippen molar-refractivity contribution in [2.45, 2.75) is 85.4 Å². The number of ether oxygens (including phenoxy) is 2. The molecule has 0 bridgehead atoms. The Balaban J connectivity index is 0.000000463. The van der Waals surface area contributed by atoms with Gasteiger partial charge in [0.15, 0.2) is 0 Å². The van der Waals surface area contributed by atoms with Gasteiger partial charge in [-0.1, -0.05) is 40.5 Å². The van der Waals surface area contributed by atoms with Gasteiger partial charge in [-0.25, -0.2) is 4.79 Å². The first-order valence-electron chi connectivity index (χ1n) is 13.1. The van der Waals surface area contributed by atoms with E-state index in [4.69, 9.17) is 9.15 Å². The molecular weight excluding hydrogens is 458 g/mol. The van der Waals surface area contributed by atoms with Gasteiger partial charge in [0.25, 0.3) is 0 Å². The third-order valence-corrected chi connectivity index (χ3v) is 8.37. The van der Waals surface area contributed by atoms with E-state index in [0.29, 0.717) is 23.3 Å². The molecule has 6 unspecified atom stereocenters. The Hall–Kier alpha value is -2.67. The Morgan fingerprint density at radius 2 is 1.92 bits per heavy atom. The molecule has 7 heteroatoms. The van der Waals surface area contributed by atoms with Crippen LogP contribution >= 0.6 is 0 Å². The largest absolute Gasteiger partial charge is 0.486 e. The second kappa shape index (κ2) is 11.2. The standard InChI is InChI=1S/C24H29NO4.C3H6O2.C2H6/c1-14-6-4-9-23(2)16(14)8-10-24(3)21(23)20(26)19-18(29-24)12-17(28-22(19)27)15-7-5-11-25-13-15;1-3(4)5-2;1-2/h5,7,11-14,16,20-21,26H,4,6,8-10H2,1-3H3;1-2H3;1-2H3. The first-order chi connectivity index (χ1) is 17.1. The van der Waals surface area contributed by atoms with Gasteiger partial charge < -0.3 is 19.0 Å². The summed E-state index contributed by atoms with van der Waals surface area (Å²) in [5.74, 6) is 1.70. The maximum absolute atomic E-state index is 12.9. The molecule has 0 amide bonds. The van der Waals surface area contributed by atoms with Crippen molar-refractivity contribution >= 4 is 5.97 Å². The van der Waals surface area contributed by atoms with Gasteiger partial charge >= 0.3 is 11.6 Å². The monoisotopic (exact) mass is 499 g/mol. The van der Waals surface area contributed by atoms with Crippen LogP contribution in [0.4, 0.5) is 0 Å². The predicted molar refractivity (Wildman–Crippen MR) is 139 cm³/mol. The number of carbonyl (C=O) groups is 1. The van der Waals surface area contributed by atoms with Crippen LogP contribution in [0.25, 0.3) is 11.3 Å². The SMILES string of the molecule is CC.CC1CCCC2(C)C1CCC1(C)Oc3cc(-c4cccnc4)oc(=O)c3C(O)C12.COC(C)=O. The lowest BCUT2D eigenvalue weighted by Crippen LogP contribution is -2.61. The molecule has 198 valence electrons. The van der Waals surface area contributed by atoms with Crippen molar-refractivity contribution in [2.75, 3.05) is 7.11 Å². The van der Waals surface area contributed by atoms with Crippen LogP contribution in [0.2, 0.25) is 0 Å². The van der Waals surface area contributed by atoms with Crippen molar-refractivity contribution in [2.24, 2.45) is 23.2 Å². The summed E-state index contributed by atoms with van der Waals surface area (Å²) < 4.78 is 16.3. The number of hydrogen-bond acceptors (Lipinski definition) is 7. The van der Waals surface area contributed by atoms with E-state index in [1.54, 1.807) is 24.5 Å². The first kappa shape index (κ1) is 27.9. The molecule has 2 aromatic rings. The van der Waals surface area contributed by atoms with Crippen molar-refractivity contribution < 1.29 is 23.8 Å². The average molecular weight is 500 g/mol. The minimum absolute atomic E-state index is 0.0454. The zero-order valence-corrected chi connectivity index (χ0v) is 22.7. The van der Waals surface area contributed by atoms with Crippen LogP contribution in [0, 0.1) is 23.2 Å². The predicted octanol–water partition coefficient (Wildman–Crippen LogP) is 5.94. The summed E-state index contributed by atoms with van der Waals surface area (Å²) in [6.07, 6.45) is 7.92. The fraction of sp³-hybridized carbons (Fsp3) is 0.621. The topological polar surface area (TPSA) is 98.9 Å². The number of pyridine rings is 1. The lowest BCUT2D eigenvalue weighted by Gasteiger charge is -2.61. The Labute approximate surface area is 214 Å². The van der Waals surface area contributed by atoms with Crippen LogP contribution < -0.4 is 10.4 Å². The quantitative estimate of drug-likeness (QED) is 0.484. The molecule has 0 saturated heterocycles. The second-order valence-electron chi connectivity index (χ2n) is 10.5. The summed E-state index contributed by atoms with van der Waals surface area (Å²) in [7, 11) is 1.35. The zero-order chi connectivity index (χ0) is 26.7. The highest BCUT2D eigenvalue weighted by molar-refractivity contribution is 5.65. The Kier molecular flexibility index (Phi) is 8.65. The number of esters is 1. The van der Waals surface area contributed by atoms with Gasteiger partial charge in [-0.05, 0) is 55.6 Å². The van der Waals surface area contributed by atoms with Gasteiger partial charge in [0, 0.05) is 36.9 Å². The van der Waals surface area contributed by atoms with E-state index in [-0.39, 0.29) is 22.9 Å². The molecule has 0 radical (unpaired) electrons. The van der Waals surface area contributed by atoms with Gasteiger partial charge in [0.1, 0.15) is 22.7 Å². The molecule has 3 aliphatic rings. The molecule has 36 heavy (non-hydrogen) atoms. The molecule has 3 heterocycles. The van der Waals surface area contributed by atoms with Gasteiger partial charge in [-0.15, -0.1) is 0 Å². The molecule has 7 nitrogen and oxygen atoms in total. The van der Waals surface area contributed by atoms with Crippen molar-refractivity contribution in [3.8, 4) is 17.1 Å². The van der Waals surface area contributed by atoms with E-state index in [1.165, 1.54) is 20.5 Å². The van der Waals surface area contributed by atoms with Crippen molar-refractivity contribution in [3.05, 3.63) is 46.6 Å². The van der Waals surface area contributed by atoms with Gasteiger partial charge in [-0.2, -0.15) is 0 Å². The van der Waals surface area contributed by atoms with E-state index >= 15 is 0 Å². The van der Waals surface area contributed by atoms with Crippen LogP contribution in [0.1, 0.15) is 85.3 Å². The Morgan fingerprint density at radius 3 is 2.53 bits per heavy atom. The molecule has 2 aliphatic carbocycles. The van der Waals surface area contributed by atoms with Crippen LogP contribution in [-0.2, 0) is 9.53 Å². The summed E-state index contributed by atoms with van der Waals surface area (Å²) >= 11 is 0. The molecule has 0 spiro atoms. The lowest BCUT2D eigenvalue weighted by molar-refractivity contribution is -0.189. The third kappa shape index (κ3) is 5.08. The fourth-order valence-corrected chi connectivity index (χ4v) is 6.85. The molecule has 2 saturated carbocycles. The number of hydrogen-bond donors (Lipinski definition) is 1. The smallest absolute Gasteiger partial charge is 0.345 e. The van der Waals surface area contributed by atoms with Crippen LogP contribution in [-0.4, -0.2) is 28.8 Å². The Bertz CT molecular complexity index is 1100. The normalized spacial score (nSPS) is 32.0. The number of carbonyl (C=O) groups excluding carboxylic acids is 1. The summed E-state index contributed by atoms with van der Waals surface area (Å²) in [4.78, 5) is 26.6. The van der Waals surface area contributed by atoms with E-state index in [2.05, 4.69) is 30.5 Å². The highest BCUT2D eigenvalue weighted by atomic mass is 16.5. The number of aliphatic hydroxyl groups excluding tert-OH is 1. The minimum Gasteiger partial charge on any atom is -0.486 e. The number of rotatable bonds is 1. The van der Waals surface area contributed by atoms with Crippen LogP contribution in [0.3, 0.4) is 0 Å². The summed E-state index contributed by atoms with van der Waals surface area (Å²) in [6.45, 7) is 12.1. The van der Waals surface area contributed by atoms with Gasteiger partial charge in [-0.3, -0.25) is 9.78 Å². The first-order valence-corrected chi connectivity index (χ1v) is 13.1. The van der Waals surface area contributed by atoms with Crippen molar-refractivity contribution in [1.82, 2.24) is 4.98 Å². The molecule has 6 atom stereocenters. The Morgan fingerprint density at radius 1 is 1.22 bits per heavy atom. The molecule has 5 rings (SSSR count). The van der Waals surface area contributed by atoms with Gasteiger partial charge in [0.05, 0.1) is 13.2 Å². The number of aliphatic hydroxyl groups is 1. The third-order valence-electron chi connectivity index (χ3n) is 8.37. The molecular formula is C29H41NO6. The number of fused-ring (bicyclic) bond motifs is 4. The maximum Gasteiger partial charge on any atom is 0.345 e. The summed E-state index contributed by atoms with van der Waals surface area (Å²) in [5, 5.41) is 11.5. The average Bonchev–Trinajstić information content (AvgIpc) is 2.85. The summed E-state index contributed by atoms with van der Waals surface area (Å²) in [5.41, 5.74) is -0.0504. The number of nitrogens with zero attached hydrogens (tertiary/aromatic N) is 1.